The standard InChI is InChI=1S/C89H145FN12O33S/c1-70(2)82(87(107)92-71(3)84(104)93-75-12-10-72(11-13-75)68-101-69-74(73-8-6-7-9-73)66-78(90)83(101)96-85(105)77-67-76(102(110)111)14-16-80(77)136-88-97-98-99-100(88)4)95-81(103)17-15-79(94-89(108)109)86(106)91-18-19-113-22-23-115-26-27-117-30-31-119-34-35-121-38-39-123-42-43-125-46-47-127-50-51-129-54-55-131-58-59-133-62-63-135-65-64-134-61-60-132-57-56-130-53-52-128-49-48-126-45-44-124-41-40-122-37-36-120-33-32-118-29-28-116-25-24-114-21-20-112-5/h10-14,16,66-67,69-71,73,79,82,94H,6-9,15,17-65,68H2,1-5H3,(H5,91,92,93,95,103,104,106,107,108,109)/p+1/t71-,79-,82-/m0/s1. The van der Waals surface area contributed by atoms with Gasteiger partial charge in [0, 0.05) is 49.8 Å². The minimum Gasteiger partial charge on any atom is -0.465 e. The number of aromatic nitrogens is 5. The van der Waals surface area contributed by atoms with Crippen LogP contribution >= 0.6 is 11.8 Å². The number of aryl methyl sites for hydroxylation is 1. The van der Waals surface area contributed by atoms with Crippen molar-refractivity contribution in [1.82, 2.24) is 41.5 Å². The molecule has 3 atom stereocenters. The molecule has 2 aromatic carbocycles. The summed E-state index contributed by atoms with van der Waals surface area (Å²) in [4.78, 5) is 90.6. The summed E-state index contributed by atoms with van der Waals surface area (Å²) in [5.41, 5.74) is 1.28. The van der Waals surface area contributed by atoms with Crippen LogP contribution in [0.2, 0.25) is 0 Å². The average molecular weight is 1960 g/mol. The third kappa shape index (κ3) is 58.8. The van der Waals surface area contributed by atoms with Crippen LogP contribution in [-0.2, 0) is 146 Å². The number of carbonyl (C=O) groups is 6. The predicted molar refractivity (Wildman–Crippen MR) is 488 cm³/mol. The first kappa shape index (κ1) is 118. The summed E-state index contributed by atoms with van der Waals surface area (Å²) in [6.07, 6.45) is 3.39. The van der Waals surface area contributed by atoms with E-state index in [4.69, 9.17) is 114 Å². The summed E-state index contributed by atoms with van der Waals surface area (Å²) in [6.45, 7) is 25.6. The second-order valence-electron chi connectivity index (χ2n) is 30.3. The van der Waals surface area contributed by atoms with E-state index in [1.54, 1.807) is 63.0 Å². The van der Waals surface area contributed by atoms with Crippen molar-refractivity contribution in [3.05, 3.63) is 87.3 Å². The summed E-state index contributed by atoms with van der Waals surface area (Å²) < 4.78 is 151. The zero-order chi connectivity index (χ0) is 97.6. The fourth-order valence-electron chi connectivity index (χ4n) is 12.3. The highest BCUT2D eigenvalue weighted by molar-refractivity contribution is 7.99. The molecule has 4 aromatic rings. The zero-order valence-electron chi connectivity index (χ0n) is 79.5. The summed E-state index contributed by atoms with van der Waals surface area (Å²) >= 11 is 0.999. The van der Waals surface area contributed by atoms with Crippen LogP contribution in [0.15, 0.2) is 64.8 Å². The molecule has 0 bridgehead atoms. The van der Waals surface area contributed by atoms with Gasteiger partial charge in [0.15, 0.2) is 0 Å². The maximum Gasteiger partial charge on any atom is 0.405 e. The molecule has 0 aliphatic heterocycles. The number of ether oxygens (including phenoxy) is 24. The van der Waals surface area contributed by atoms with Gasteiger partial charge >= 0.3 is 17.8 Å². The van der Waals surface area contributed by atoms with Crippen molar-refractivity contribution in [2.75, 3.05) is 335 Å². The van der Waals surface area contributed by atoms with Gasteiger partial charge in [-0.2, -0.15) is 4.39 Å². The molecular formula is C89H146FN12O33S+. The van der Waals surface area contributed by atoms with E-state index < -0.39 is 70.4 Å². The lowest BCUT2D eigenvalue weighted by molar-refractivity contribution is -0.675. The molecule has 7 N–H and O–H groups in total. The Kier molecular flexibility index (Phi) is 69.5. The Morgan fingerprint density at radius 3 is 1.21 bits per heavy atom. The number of anilines is 2. The SMILES string of the molecule is COCCOCCOCCOCCOCCOCCOCCOCCOCCOCCOCCOCCOCCOCCOCCOCCOCCOCCOCCOCCOCCOCCOCCOCCNC(=O)[C@H](CCC(=O)N[C@H](C(=O)N[C@@H](C)C(=O)Nc1ccc(C[n+]2cc(C3CCCC3)cc(F)c2NC(=O)c2cc([N+](=O)[O-])ccc2Sc2nnnn2C)cc1)C(C)C)NC(=O)O. The molecule has 5 rings (SSSR count). The number of nitro groups is 1. The third-order valence-electron chi connectivity index (χ3n) is 19.4. The second-order valence-corrected chi connectivity index (χ2v) is 31.3. The number of hydrogen-bond donors (Lipinski definition) is 7. The van der Waals surface area contributed by atoms with Gasteiger partial charge in [-0.3, -0.25) is 29.3 Å². The van der Waals surface area contributed by atoms with Crippen molar-refractivity contribution in [3.63, 3.8) is 0 Å². The Bertz CT molecular complexity index is 3780. The van der Waals surface area contributed by atoms with Crippen molar-refractivity contribution >= 4 is 64.6 Å². The molecule has 45 nitrogen and oxygen atoms in total. The maximum absolute atomic E-state index is 16.4. The lowest BCUT2D eigenvalue weighted by Crippen LogP contribution is -2.54. The molecule has 0 unspecified atom stereocenters. The number of methoxy groups -OCH3 is 1. The van der Waals surface area contributed by atoms with E-state index in [0.717, 1.165) is 49.1 Å². The number of benzene rings is 2. The topological polar surface area (TPSA) is 507 Å². The number of pyridine rings is 1. The summed E-state index contributed by atoms with van der Waals surface area (Å²) in [6, 6.07) is 8.22. The number of non-ortho nitro benzene ring substituents is 1. The van der Waals surface area contributed by atoms with Crippen LogP contribution in [0, 0.1) is 21.8 Å². The van der Waals surface area contributed by atoms with Crippen LogP contribution in [0.1, 0.15) is 86.7 Å². The Hall–Kier alpha value is -8.00. The summed E-state index contributed by atoms with van der Waals surface area (Å²) in [7, 11) is 3.23. The molecule has 0 saturated heterocycles. The van der Waals surface area contributed by atoms with Crippen molar-refractivity contribution in [1.29, 1.82) is 0 Å². The molecule has 47 heteroatoms. The largest absolute Gasteiger partial charge is 0.465 e. The number of nitrogens with zero attached hydrogens (tertiary/aromatic N) is 6. The van der Waals surface area contributed by atoms with Crippen LogP contribution in [-0.4, -0.2) is 408 Å². The lowest BCUT2D eigenvalue weighted by atomic mass is 9.99. The van der Waals surface area contributed by atoms with Gasteiger partial charge in [0.05, 0.1) is 327 Å². The highest BCUT2D eigenvalue weighted by Crippen LogP contribution is 2.36. The van der Waals surface area contributed by atoms with Crippen molar-refractivity contribution in [3.8, 4) is 0 Å². The highest BCUT2D eigenvalue weighted by Gasteiger charge is 2.32. The fourth-order valence-corrected chi connectivity index (χ4v) is 13.1. The number of amides is 6. The Morgan fingerprint density at radius 2 is 0.868 bits per heavy atom. The second kappa shape index (κ2) is 79.8. The van der Waals surface area contributed by atoms with Gasteiger partial charge in [-0.15, -0.1) is 5.10 Å². The first-order valence-corrected chi connectivity index (χ1v) is 47.0. The zero-order valence-corrected chi connectivity index (χ0v) is 80.3. The first-order chi connectivity index (χ1) is 66.4. The van der Waals surface area contributed by atoms with Gasteiger partial charge in [-0.1, -0.05) is 38.8 Å². The van der Waals surface area contributed by atoms with Gasteiger partial charge in [-0.25, -0.2) is 24.2 Å². The molecule has 1 fully saturated rings. The quantitative estimate of drug-likeness (QED) is 0.0143. The Balaban J connectivity index is 0.726. The highest BCUT2D eigenvalue weighted by atomic mass is 32.2. The number of nitrogens with one attached hydrogen (secondary N) is 6. The summed E-state index contributed by atoms with van der Waals surface area (Å²) in [5.74, 6) is -4.70. The lowest BCUT2D eigenvalue weighted by Gasteiger charge is -2.24. The molecule has 1 saturated carbocycles. The Labute approximate surface area is 799 Å². The monoisotopic (exact) mass is 1960 g/mol. The van der Waals surface area contributed by atoms with Crippen LogP contribution in [0.5, 0.6) is 0 Å². The molecular weight excluding hydrogens is 1820 g/mol. The van der Waals surface area contributed by atoms with Crippen molar-refractivity contribution < 1.29 is 161 Å². The van der Waals surface area contributed by atoms with Crippen molar-refractivity contribution in [2.45, 2.75) is 99.9 Å². The van der Waals surface area contributed by atoms with Crippen LogP contribution in [0.4, 0.5) is 26.4 Å². The van der Waals surface area contributed by atoms with E-state index in [-0.39, 0.29) is 73.6 Å². The van der Waals surface area contributed by atoms with E-state index >= 15 is 4.39 Å². The van der Waals surface area contributed by atoms with Crippen molar-refractivity contribution in [2.24, 2.45) is 13.0 Å². The van der Waals surface area contributed by atoms with Gasteiger partial charge in [-0.05, 0) is 95.6 Å². The number of hydrogen-bond acceptors (Lipinski definition) is 36. The third-order valence-corrected chi connectivity index (χ3v) is 20.5. The first-order valence-electron chi connectivity index (χ1n) is 46.2. The van der Waals surface area contributed by atoms with E-state index in [1.165, 1.54) is 29.8 Å². The molecule has 772 valence electrons. The maximum atomic E-state index is 16.4. The number of nitro benzene ring substituents is 1. The molecule has 0 spiro atoms. The molecule has 6 amide bonds. The van der Waals surface area contributed by atoms with E-state index in [0.29, 0.717) is 307 Å². The van der Waals surface area contributed by atoms with Gasteiger partial charge in [0.1, 0.15) is 24.7 Å². The molecule has 0 radical (unpaired) electrons. The number of tetrazole rings is 1. The fraction of sp³-hybridized carbons (Fsp3) is 0.730. The number of carbonyl (C=O) groups excluding carboxylic acids is 5. The minimum absolute atomic E-state index is 0.0299. The van der Waals surface area contributed by atoms with E-state index in [1.807, 2.05) is 0 Å². The van der Waals surface area contributed by atoms with Crippen LogP contribution < -0.4 is 36.5 Å². The van der Waals surface area contributed by atoms with Crippen LogP contribution in [0.25, 0.3) is 0 Å². The molecule has 1 aliphatic rings. The van der Waals surface area contributed by atoms with Crippen LogP contribution in [0.3, 0.4) is 0 Å². The number of carboxylic acid groups (broad SMARTS) is 1. The smallest absolute Gasteiger partial charge is 0.405 e. The molecule has 2 aromatic heterocycles. The predicted octanol–water partition coefficient (Wildman–Crippen LogP) is 3.80. The Morgan fingerprint density at radius 1 is 0.493 bits per heavy atom. The minimum atomic E-state index is -1.49. The molecule has 136 heavy (non-hydrogen) atoms. The summed E-state index contributed by atoms with van der Waals surface area (Å²) in [5, 5.41) is 48.4. The van der Waals surface area contributed by atoms with Gasteiger partial charge < -0.3 is 145 Å². The number of rotatable bonds is 91. The molecule has 2 heterocycles. The van der Waals surface area contributed by atoms with E-state index in [9.17, 15) is 44.0 Å². The van der Waals surface area contributed by atoms with Gasteiger partial charge in [0.25, 0.3) is 5.69 Å². The van der Waals surface area contributed by atoms with E-state index in [2.05, 4.69) is 47.4 Å². The normalized spacial score (nSPS) is 12.9. The average Bonchev–Trinajstić information content (AvgIpc) is 1.31. The molecule has 1 aliphatic carbocycles. The van der Waals surface area contributed by atoms with Gasteiger partial charge in [0.2, 0.25) is 34.6 Å². The number of halogens is 1.